The van der Waals surface area contributed by atoms with Crippen molar-refractivity contribution in [2.45, 2.75) is 25.9 Å². The van der Waals surface area contributed by atoms with Gasteiger partial charge < -0.3 is 10.2 Å². The van der Waals surface area contributed by atoms with E-state index in [9.17, 15) is 14.0 Å². The average molecular weight is 285 g/mol. The van der Waals surface area contributed by atoms with Gasteiger partial charge >= 0.3 is 0 Å². The van der Waals surface area contributed by atoms with Crippen LogP contribution >= 0.6 is 11.6 Å². The fourth-order valence-electron chi connectivity index (χ4n) is 2.04. The van der Waals surface area contributed by atoms with Crippen LogP contribution in [0, 0.1) is 5.82 Å². The number of carbonyl (C=O) groups is 2. The normalized spacial score (nSPS) is 19.5. The van der Waals surface area contributed by atoms with Crippen LogP contribution in [0.3, 0.4) is 0 Å². The summed E-state index contributed by atoms with van der Waals surface area (Å²) in [4.78, 5) is 25.0. The zero-order chi connectivity index (χ0) is 14.0. The van der Waals surface area contributed by atoms with Gasteiger partial charge in [-0.3, -0.25) is 9.59 Å². The molecule has 0 aliphatic carbocycles. The average Bonchev–Trinajstić information content (AvgIpc) is 2.36. The Hall–Kier alpha value is -1.62. The summed E-state index contributed by atoms with van der Waals surface area (Å²) in [6, 6.07) is 3.52. The van der Waals surface area contributed by atoms with Crippen LogP contribution in [0.25, 0.3) is 0 Å². The fourth-order valence-corrected chi connectivity index (χ4v) is 2.27. The lowest BCUT2D eigenvalue weighted by Gasteiger charge is -2.32. The van der Waals surface area contributed by atoms with Gasteiger partial charge in [-0.1, -0.05) is 24.6 Å². The van der Waals surface area contributed by atoms with Crippen LogP contribution < -0.4 is 5.32 Å². The quantitative estimate of drug-likeness (QED) is 0.919. The van der Waals surface area contributed by atoms with Gasteiger partial charge in [-0.2, -0.15) is 0 Å². The molecule has 1 unspecified atom stereocenters. The first-order chi connectivity index (χ1) is 9.01. The first-order valence-corrected chi connectivity index (χ1v) is 6.41. The Morgan fingerprint density at radius 3 is 2.84 bits per heavy atom. The van der Waals surface area contributed by atoms with Gasteiger partial charge in [-0.05, 0) is 24.1 Å². The topological polar surface area (TPSA) is 49.4 Å². The van der Waals surface area contributed by atoms with Gasteiger partial charge in [0.15, 0.2) is 0 Å². The van der Waals surface area contributed by atoms with Crippen molar-refractivity contribution < 1.29 is 14.0 Å². The zero-order valence-corrected chi connectivity index (χ0v) is 11.2. The van der Waals surface area contributed by atoms with Gasteiger partial charge in [-0.25, -0.2) is 4.39 Å². The molecule has 0 radical (unpaired) electrons. The van der Waals surface area contributed by atoms with E-state index in [4.69, 9.17) is 11.6 Å². The highest BCUT2D eigenvalue weighted by Gasteiger charge is 2.31. The number of hydrogen-bond acceptors (Lipinski definition) is 2. The second kappa shape index (κ2) is 5.57. The Morgan fingerprint density at radius 1 is 1.47 bits per heavy atom. The molecule has 1 aromatic rings. The van der Waals surface area contributed by atoms with Crippen LogP contribution in [-0.4, -0.2) is 29.3 Å². The number of nitrogens with zero attached hydrogens (tertiary/aromatic N) is 1. The molecule has 19 heavy (non-hydrogen) atoms. The number of halogens is 2. The van der Waals surface area contributed by atoms with Crippen LogP contribution in [0.5, 0.6) is 0 Å². The molecule has 0 saturated carbocycles. The van der Waals surface area contributed by atoms with Gasteiger partial charge in [0.25, 0.3) is 0 Å². The predicted octanol–water partition coefficient (Wildman–Crippen LogP) is 1.72. The van der Waals surface area contributed by atoms with Gasteiger partial charge in [0.05, 0.1) is 6.54 Å². The second-order valence-corrected chi connectivity index (χ2v) is 4.87. The Balaban J connectivity index is 2.17. The summed E-state index contributed by atoms with van der Waals surface area (Å²) in [5.41, 5.74) is 0.626. The molecule has 1 aliphatic rings. The van der Waals surface area contributed by atoms with Crippen LogP contribution in [-0.2, 0) is 16.1 Å². The van der Waals surface area contributed by atoms with Crippen molar-refractivity contribution in [1.82, 2.24) is 10.2 Å². The number of rotatable bonds is 3. The lowest BCUT2D eigenvalue weighted by Crippen LogP contribution is -2.57. The molecular weight excluding hydrogens is 271 g/mol. The fraction of sp³-hybridized carbons (Fsp3) is 0.385. The van der Waals surface area contributed by atoms with E-state index in [0.29, 0.717) is 12.0 Å². The lowest BCUT2D eigenvalue weighted by atomic mass is 10.1. The number of hydrogen-bond donors (Lipinski definition) is 1. The van der Waals surface area contributed by atoms with Crippen molar-refractivity contribution in [3.63, 3.8) is 0 Å². The Labute approximate surface area is 115 Å². The SMILES string of the molecule is CCC1NC(=O)CN(Cc2ccc(F)cc2Cl)C1=O. The van der Waals surface area contributed by atoms with Crippen LogP contribution in [0.4, 0.5) is 4.39 Å². The molecule has 1 fully saturated rings. The molecule has 2 amide bonds. The zero-order valence-electron chi connectivity index (χ0n) is 10.5. The molecule has 1 atom stereocenters. The van der Waals surface area contributed by atoms with E-state index in [1.54, 1.807) is 0 Å². The predicted molar refractivity (Wildman–Crippen MR) is 69.0 cm³/mol. The third-order valence-corrected chi connectivity index (χ3v) is 3.42. The van der Waals surface area contributed by atoms with E-state index in [0.717, 1.165) is 0 Å². The minimum atomic E-state index is -0.486. The molecule has 0 bridgehead atoms. The first kappa shape index (κ1) is 13.8. The molecule has 4 nitrogen and oxygen atoms in total. The van der Waals surface area contributed by atoms with Crippen molar-refractivity contribution in [3.8, 4) is 0 Å². The highest BCUT2D eigenvalue weighted by atomic mass is 35.5. The molecule has 2 rings (SSSR count). The molecule has 1 saturated heterocycles. The third kappa shape index (κ3) is 3.04. The number of nitrogens with one attached hydrogen (secondary N) is 1. The van der Waals surface area contributed by atoms with Crippen molar-refractivity contribution >= 4 is 23.4 Å². The summed E-state index contributed by atoms with van der Waals surface area (Å²) in [6.07, 6.45) is 0.540. The van der Waals surface area contributed by atoms with Crippen LogP contribution in [0.15, 0.2) is 18.2 Å². The Morgan fingerprint density at radius 2 is 2.21 bits per heavy atom. The number of piperazine rings is 1. The monoisotopic (exact) mass is 284 g/mol. The molecule has 0 spiro atoms. The maximum Gasteiger partial charge on any atom is 0.245 e. The number of amides is 2. The van der Waals surface area contributed by atoms with Gasteiger partial charge in [0, 0.05) is 11.6 Å². The summed E-state index contributed by atoms with van der Waals surface area (Å²) in [6.45, 7) is 2.04. The molecule has 1 N–H and O–H groups in total. The smallest absolute Gasteiger partial charge is 0.245 e. The van der Waals surface area contributed by atoms with E-state index >= 15 is 0 Å². The van der Waals surface area contributed by atoms with Crippen molar-refractivity contribution in [3.05, 3.63) is 34.6 Å². The highest BCUT2D eigenvalue weighted by molar-refractivity contribution is 6.31. The van der Waals surface area contributed by atoms with Crippen LogP contribution in [0.2, 0.25) is 5.02 Å². The first-order valence-electron chi connectivity index (χ1n) is 6.03. The summed E-state index contributed by atoms with van der Waals surface area (Å²) >= 11 is 5.92. The van der Waals surface area contributed by atoms with Crippen molar-refractivity contribution in [2.75, 3.05) is 6.54 Å². The molecule has 102 valence electrons. The maximum absolute atomic E-state index is 13.0. The van der Waals surface area contributed by atoms with E-state index in [-0.39, 0.29) is 29.9 Å². The number of benzene rings is 1. The van der Waals surface area contributed by atoms with Gasteiger partial charge in [-0.15, -0.1) is 0 Å². The third-order valence-electron chi connectivity index (χ3n) is 3.06. The minimum absolute atomic E-state index is 0.00301. The second-order valence-electron chi connectivity index (χ2n) is 4.46. The Kier molecular flexibility index (Phi) is 4.04. The van der Waals surface area contributed by atoms with E-state index in [1.165, 1.54) is 23.1 Å². The van der Waals surface area contributed by atoms with Crippen molar-refractivity contribution in [2.24, 2.45) is 0 Å². The standard InChI is InChI=1S/C13H14ClFN2O2/c1-2-11-13(19)17(7-12(18)16-11)6-8-3-4-9(15)5-10(8)14/h3-5,11H,2,6-7H2,1H3,(H,16,18). The molecular formula is C13H14ClFN2O2. The maximum atomic E-state index is 13.0. The van der Waals surface area contributed by atoms with E-state index in [1.807, 2.05) is 6.92 Å². The Bertz CT molecular complexity index is 521. The van der Waals surface area contributed by atoms with Crippen LogP contribution in [0.1, 0.15) is 18.9 Å². The van der Waals surface area contributed by atoms with Gasteiger partial charge in [0.1, 0.15) is 11.9 Å². The highest BCUT2D eigenvalue weighted by Crippen LogP contribution is 2.20. The summed E-state index contributed by atoms with van der Waals surface area (Å²) in [5, 5.41) is 2.89. The van der Waals surface area contributed by atoms with Gasteiger partial charge in [0.2, 0.25) is 11.8 Å². The molecule has 0 aromatic heterocycles. The van der Waals surface area contributed by atoms with Crippen molar-refractivity contribution in [1.29, 1.82) is 0 Å². The summed E-state index contributed by atoms with van der Waals surface area (Å²) in [7, 11) is 0. The number of carbonyl (C=O) groups excluding carboxylic acids is 2. The summed E-state index contributed by atoms with van der Waals surface area (Å²) in [5.74, 6) is -0.755. The summed E-state index contributed by atoms with van der Waals surface area (Å²) < 4.78 is 13.0. The molecule has 6 heteroatoms. The largest absolute Gasteiger partial charge is 0.343 e. The lowest BCUT2D eigenvalue weighted by molar-refractivity contribution is -0.144. The molecule has 1 aromatic carbocycles. The minimum Gasteiger partial charge on any atom is -0.343 e. The van der Waals surface area contributed by atoms with E-state index < -0.39 is 11.9 Å². The molecule has 1 aliphatic heterocycles. The van der Waals surface area contributed by atoms with E-state index in [2.05, 4.69) is 5.32 Å². The molecule has 1 heterocycles.